The van der Waals surface area contributed by atoms with Crippen LogP contribution in [0.25, 0.3) is 0 Å². The lowest BCUT2D eigenvalue weighted by molar-refractivity contribution is 0.582. The summed E-state index contributed by atoms with van der Waals surface area (Å²) in [7, 11) is -2.22. The Morgan fingerprint density at radius 1 is 1.36 bits per heavy atom. The van der Waals surface area contributed by atoms with Gasteiger partial charge in [0.2, 0.25) is 0 Å². The van der Waals surface area contributed by atoms with Gasteiger partial charge in [-0.2, -0.15) is 0 Å². The summed E-state index contributed by atoms with van der Waals surface area (Å²) in [4.78, 5) is 0. The summed E-state index contributed by atoms with van der Waals surface area (Å²) in [6.45, 7) is 3.92. The quantitative estimate of drug-likeness (QED) is 0.681. The van der Waals surface area contributed by atoms with Crippen molar-refractivity contribution in [1.29, 1.82) is 0 Å². The molecule has 0 spiro atoms. The van der Waals surface area contributed by atoms with E-state index in [1.165, 1.54) is 0 Å². The minimum absolute atomic E-state index is 0.672. The molecule has 0 unspecified atom stereocenters. The largest absolute Gasteiger partial charge is 0.399 e. The van der Waals surface area contributed by atoms with Crippen LogP contribution in [0.1, 0.15) is 13.8 Å². The normalized spacial score (nSPS) is 11.6. The van der Waals surface area contributed by atoms with Crippen LogP contribution in [0.2, 0.25) is 0 Å². The number of benzene rings is 1. The van der Waals surface area contributed by atoms with E-state index in [2.05, 4.69) is 15.9 Å². The second-order valence-corrected chi connectivity index (χ2v) is 7.61. The van der Waals surface area contributed by atoms with Gasteiger partial charge in [-0.25, -0.2) is 0 Å². The van der Waals surface area contributed by atoms with Gasteiger partial charge in [-0.15, -0.1) is 0 Å². The standard InChI is InChI=1S/C10H15BrNOP/c1-3-14(13,4-2)10-7-8(12)5-6-9(10)11/h5-7H,3-4,12H2,1-2H3. The average Bonchev–Trinajstić information content (AvgIpc) is 2.20. The molecule has 0 bridgehead atoms. The number of nitrogens with two attached hydrogens (primary N) is 1. The van der Waals surface area contributed by atoms with Gasteiger partial charge in [0.1, 0.15) is 7.14 Å². The molecule has 1 aromatic rings. The van der Waals surface area contributed by atoms with Crippen molar-refractivity contribution < 1.29 is 4.57 Å². The maximum absolute atomic E-state index is 12.4. The van der Waals surface area contributed by atoms with Crippen molar-refractivity contribution in [2.24, 2.45) is 0 Å². The van der Waals surface area contributed by atoms with Gasteiger partial charge in [0.15, 0.2) is 0 Å². The number of anilines is 1. The summed E-state index contributed by atoms with van der Waals surface area (Å²) in [6.07, 6.45) is 1.37. The molecule has 0 aliphatic rings. The summed E-state index contributed by atoms with van der Waals surface area (Å²) in [5, 5.41) is 0.877. The first-order valence-electron chi connectivity index (χ1n) is 4.67. The fourth-order valence-corrected chi connectivity index (χ4v) is 4.60. The highest BCUT2D eigenvalue weighted by Gasteiger charge is 2.22. The summed E-state index contributed by atoms with van der Waals surface area (Å²) >= 11 is 3.42. The maximum Gasteiger partial charge on any atom is 0.116 e. The van der Waals surface area contributed by atoms with E-state index in [0.717, 1.165) is 9.78 Å². The van der Waals surface area contributed by atoms with Crippen LogP contribution >= 0.6 is 23.1 Å². The van der Waals surface area contributed by atoms with Crippen molar-refractivity contribution in [2.75, 3.05) is 18.1 Å². The van der Waals surface area contributed by atoms with Crippen molar-refractivity contribution in [3.05, 3.63) is 22.7 Å². The summed E-state index contributed by atoms with van der Waals surface area (Å²) in [6, 6.07) is 5.49. The second kappa shape index (κ2) is 4.50. The molecule has 0 aliphatic carbocycles. The molecule has 1 rings (SSSR count). The highest BCUT2D eigenvalue weighted by molar-refractivity contribution is 9.10. The highest BCUT2D eigenvalue weighted by Crippen LogP contribution is 2.45. The van der Waals surface area contributed by atoms with E-state index in [4.69, 9.17) is 5.73 Å². The molecule has 78 valence electrons. The minimum atomic E-state index is -2.22. The first-order chi connectivity index (χ1) is 6.53. The summed E-state index contributed by atoms with van der Waals surface area (Å²) in [5.74, 6) is 0. The molecule has 0 radical (unpaired) electrons. The third-order valence-electron chi connectivity index (χ3n) is 2.43. The Bertz CT molecular complexity index is 370. The molecular formula is C10H15BrNOP. The maximum atomic E-state index is 12.4. The molecule has 0 amide bonds. The van der Waals surface area contributed by atoms with Crippen molar-refractivity contribution >= 4 is 34.1 Å². The summed E-state index contributed by atoms with van der Waals surface area (Å²) < 4.78 is 13.3. The van der Waals surface area contributed by atoms with Gasteiger partial charge in [-0.3, -0.25) is 0 Å². The number of nitrogen functional groups attached to an aromatic ring is 1. The van der Waals surface area contributed by atoms with Crippen molar-refractivity contribution in [3.8, 4) is 0 Å². The Balaban J connectivity index is 3.30. The molecule has 0 aromatic heterocycles. The molecule has 0 aliphatic heterocycles. The van der Waals surface area contributed by atoms with E-state index in [1.807, 2.05) is 32.0 Å². The van der Waals surface area contributed by atoms with Gasteiger partial charge < -0.3 is 10.3 Å². The SMILES string of the molecule is CCP(=O)(CC)c1cc(N)ccc1Br. The number of hydrogen-bond acceptors (Lipinski definition) is 2. The zero-order chi connectivity index (χ0) is 10.8. The van der Waals surface area contributed by atoms with E-state index >= 15 is 0 Å². The lowest BCUT2D eigenvalue weighted by Gasteiger charge is -2.16. The van der Waals surface area contributed by atoms with E-state index in [-0.39, 0.29) is 0 Å². The average molecular weight is 276 g/mol. The Hall–Kier alpha value is -0.270. The molecule has 0 atom stereocenters. The fourth-order valence-electron chi connectivity index (χ4n) is 1.41. The van der Waals surface area contributed by atoms with Gasteiger partial charge >= 0.3 is 0 Å². The van der Waals surface area contributed by atoms with Crippen LogP contribution < -0.4 is 11.0 Å². The monoisotopic (exact) mass is 275 g/mol. The van der Waals surface area contributed by atoms with E-state index in [1.54, 1.807) is 0 Å². The molecule has 0 saturated carbocycles. The highest BCUT2D eigenvalue weighted by atomic mass is 79.9. The lowest BCUT2D eigenvalue weighted by Crippen LogP contribution is -2.11. The Morgan fingerprint density at radius 3 is 2.43 bits per heavy atom. The predicted octanol–water partition coefficient (Wildman–Crippen LogP) is 3.06. The van der Waals surface area contributed by atoms with Crippen LogP contribution in [-0.2, 0) is 4.57 Å². The van der Waals surface area contributed by atoms with E-state index < -0.39 is 7.14 Å². The molecule has 0 saturated heterocycles. The third kappa shape index (κ3) is 2.21. The Morgan fingerprint density at radius 2 is 1.93 bits per heavy atom. The van der Waals surface area contributed by atoms with E-state index in [0.29, 0.717) is 18.0 Å². The van der Waals surface area contributed by atoms with E-state index in [9.17, 15) is 4.57 Å². The third-order valence-corrected chi connectivity index (χ3v) is 6.72. The predicted molar refractivity (Wildman–Crippen MR) is 66.9 cm³/mol. The molecule has 2 N–H and O–H groups in total. The zero-order valence-corrected chi connectivity index (χ0v) is 10.9. The minimum Gasteiger partial charge on any atom is -0.399 e. The van der Waals surface area contributed by atoms with Crippen LogP contribution in [-0.4, -0.2) is 12.3 Å². The molecule has 1 aromatic carbocycles. The van der Waals surface area contributed by atoms with Crippen LogP contribution in [0.5, 0.6) is 0 Å². The Kier molecular flexibility index (Phi) is 3.79. The number of hydrogen-bond donors (Lipinski definition) is 1. The summed E-state index contributed by atoms with van der Waals surface area (Å²) in [5.41, 5.74) is 6.36. The molecule has 0 heterocycles. The Labute approximate surface area is 93.4 Å². The second-order valence-electron chi connectivity index (χ2n) is 3.23. The van der Waals surface area contributed by atoms with Crippen LogP contribution in [0.15, 0.2) is 22.7 Å². The molecule has 2 nitrogen and oxygen atoms in total. The van der Waals surface area contributed by atoms with Gasteiger partial charge in [0, 0.05) is 27.8 Å². The van der Waals surface area contributed by atoms with Gasteiger partial charge in [-0.05, 0) is 18.2 Å². The van der Waals surface area contributed by atoms with Crippen molar-refractivity contribution in [1.82, 2.24) is 0 Å². The lowest BCUT2D eigenvalue weighted by atomic mass is 10.3. The van der Waals surface area contributed by atoms with Crippen molar-refractivity contribution in [2.45, 2.75) is 13.8 Å². The number of rotatable bonds is 3. The first-order valence-corrected chi connectivity index (χ1v) is 7.54. The fraction of sp³-hybridized carbons (Fsp3) is 0.400. The smallest absolute Gasteiger partial charge is 0.116 e. The van der Waals surface area contributed by atoms with Crippen molar-refractivity contribution in [3.63, 3.8) is 0 Å². The van der Waals surface area contributed by atoms with Crippen LogP contribution in [0, 0.1) is 0 Å². The van der Waals surface area contributed by atoms with Crippen LogP contribution in [0.3, 0.4) is 0 Å². The zero-order valence-electron chi connectivity index (χ0n) is 8.46. The van der Waals surface area contributed by atoms with Crippen LogP contribution in [0.4, 0.5) is 5.69 Å². The molecule has 14 heavy (non-hydrogen) atoms. The number of halogens is 1. The van der Waals surface area contributed by atoms with Gasteiger partial charge in [-0.1, -0.05) is 29.8 Å². The molecule has 4 heteroatoms. The molecular weight excluding hydrogens is 261 g/mol. The van der Waals surface area contributed by atoms with Gasteiger partial charge in [0.25, 0.3) is 0 Å². The van der Waals surface area contributed by atoms with Gasteiger partial charge in [0.05, 0.1) is 0 Å². The topological polar surface area (TPSA) is 43.1 Å². The first kappa shape index (κ1) is 11.8. The molecule has 0 fully saturated rings.